The standard InChI is InChI=1S/C18H34O7S/c1-3-5-7-9-11-13-24-17(19)15-16(26(21,22)23)18(20)25-14-12-10-8-6-4-2/h16H,3-15H2,1-2H3,(H,21,22,23)/t16-/m1/s1. The van der Waals surface area contributed by atoms with Crippen LogP contribution < -0.4 is 0 Å². The number of rotatable bonds is 16. The van der Waals surface area contributed by atoms with E-state index in [1.807, 2.05) is 0 Å². The van der Waals surface area contributed by atoms with Crippen molar-refractivity contribution < 1.29 is 32.0 Å². The van der Waals surface area contributed by atoms with E-state index in [2.05, 4.69) is 13.8 Å². The molecule has 0 aromatic carbocycles. The van der Waals surface area contributed by atoms with Crippen molar-refractivity contribution in [2.45, 2.75) is 89.7 Å². The summed E-state index contributed by atoms with van der Waals surface area (Å²) in [6.45, 7) is 4.43. The minimum absolute atomic E-state index is 0.0705. The minimum atomic E-state index is -4.73. The molecular formula is C18H34O7S. The maximum atomic E-state index is 11.9. The maximum Gasteiger partial charge on any atom is 0.327 e. The number of carbonyl (C=O) groups is 2. The summed E-state index contributed by atoms with van der Waals surface area (Å²) in [4.78, 5) is 23.6. The van der Waals surface area contributed by atoms with Crippen LogP contribution in [0.3, 0.4) is 0 Å². The van der Waals surface area contributed by atoms with Gasteiger partial charge in [-0.2, -0.15) is 8.42 Å². The fraction of sp³-hybridized carbons (Fsp3) is 0.889. The lowest BCUT2D eigenvalue weighted by Crippen LogP contribution is -2.34. The van der Waals surface area contributed by atoms with Gasteiger partial charge < -0.3 is 9.47 Å². The fourth-order valence-corrected chi connectivity index (χ4v) is 3.04. The van der Waals surface area contributed by atoms with Gasteiger partial charge in [-0.3, -0.25) is 14.1 Å². The van der Waals surface area contributed by atoms with Crippen molar-refractivity contribution in [1.82, 2.24) is 0 Å². The third-order valence-electron chi connectivity index (χ3n) is 3.98. The summed E-state index contributed by atoms with van der Waals surface area (Å²) in [5.74, 6) is -1.94. The van der Waals surface area contributed by atoms with E-state index in [1.165, 1.54) is 0 Å². The van der Waals surface area contributed by atoms with Gasteiger partial charge in [0, 0.05) is 0 Å². The molecule has 0 saturated carbocycles. The molecule has 0 spiro atoms. The molecule has 1 atom stereocenters. The van der Waals surface area contributed by atoms with Gasteiger partial charge in [0.1, 0.15) is 0 Å². The molecule has 0 unspecified atom stereocenters. The fourth-order valence-electron chi connectivity index (χ4n) is 2.38. The molecule has 0 amide bonds. The molecule has 0 aliphatic carbocycles. The van der Waals surface area contributed by atoms with Gasteiger partial charge in [-0.05, 0) is 12.8 Å². The number of carbonyl (C=O) groups excluding carboxylic acids is 2. The Labute approximate surface area is 157 Å². The highest BCUT2D eigenvalue weighted by Gasteiger charge is 2.35. The van der Waals surface area contributed by atoms with Crippen molar-refractivity contribution in [3.05, 3.63) is 0 Å². The quantitative estimate of drug-likeness (QED) is 0.242. The van der Waals surface area contributed by atoms with Gasteiger partial charge in [0.2, 0.25) is 0 Å². The second kappa shape index (κ2) is 15.0. The Hall–Kier alpha value is -1.15. The summed E-state index contributed by atoms with van der Waals surface area (Å²) in [6, 6.07) is 0. The van der Waals surface area contributed by atoms with E-state index in [-0.39, 0.29) is 13.2 Å². The Morgan fingerprint density at radius 1 is 0.808 bits per heavy atom. The molecule has 8 heteroatoms. The number of ether oxygens (including phenoxy) is 2. The highest BCUT2D eigenvalue weighted by Crippen LogP contribution is 2.11. The minimum Gasteiger partial charge on any atom is -0.466 e. The number of unbranched alkanes of at least 4 members (excludes halogenated alkanes) is 8. The van der Waals surface area contributed by atoms with Crippen molar-refractivity contribution in [3.8, 4) is 0 Å². The zero-order valence-electron chi connectivity index (χ0n) is 16.1. The van der Waals surface area contributed by atoms with E-state index in [9.17, 15) is 22.6 Å². The molecular weight excluding hydrogens is 360 g/mol. The van der Waals surface area contributed by atoms with Crippen LogP contribution in [-0.4, -0.2) is 43.4 Å². The Bertz CT molecular complexity index is 488. The Balaban J connectivity index is 4.22. The second-order valence-corrected chi connectivity index (χ2v) is 8.02. The number of hydrogen-bond donors (Lipinski definition) is 1. The molecule has 0 aliphatic rings. The summed E-state index contributed by atoms with van der Waals surface area (Å²) in [7, 11) is -4.73. The zero-order valence-corrected chi connectivity index (χ0v) is 16.9. The SMILES string of the molecule is CCCCCCCOC(=O)C[C@H](C(=O)OCCCCCCC)S(=O)(=O)O. The van der Waals surface area contributed by atoms with Crippen LogP contribution in [0.1, 0.15) is 84.5 Å². The van der Waals surface area contributed by atoms with Crippen molar-refractivity contribution >= 4 is 22.1 Å². The predicted molar refractivity (Wildman–Crippen MR) is 99.4 cm³/mol. The van der Waals surface area contributed by atoms with Gasteiger partial charge in [0.25, 0.3) is 10.1 Å². The predicted octanol–water partition coefficient (Wildman–Crippen LogP) is 3.66. The second-order valence-electron chi connectivity index (χ2n) is 6.42. The smallest absolute Gasteiger partial charge is 0.327 e. The van der Waals surface area contributed by atoms with Crippen molar-refractivity contribution in [2.75, 3.05) is 13.2 Å². The topological polar surface area (TPSA) is 107 Å². The first kappa shape index (κ1) is 24.8. The summed E-state index contributed by atoms with van der Waals surface area (Å²) in [5, 5.41) is -1.93. The summed E-state index contributed by atoms with van der Waals surface area (Å²) < 4.78 is 41.8. The maximum absolute atomic E-state index is 11.9. The average Bonchev–Trinajstić information content (AvgIpc) is 2.57. The van der Waals surface area contributed by atoms with Crippen LogP contribution in [-0.2, 0) is 29.2 Å². The molecule has 0 rings (SSSR count). The lowest BCUT2D eigenvalue weighted by atomic mass is 10.2. The number of esters is 2. The molecule has 1 N–H and O–H groups in total. The molecule has 0 bridgehead atoms. The Kier molecular flexibility index (Phi) is 14.3. The van der Waals surface area contributed by atoms with Gasteiger partial charge in [-0.1, -0.05) is 65.2 Å². The van der Waals surface area contributed by atoms with Gasteiger partial charge in [-0.25, -0.2) is 0 Å². The van der Waals surface area contributed by atoms with Gasteiger partial charge in [-0.15, -0.1) is 0 Å². The Morgan fingerprint density at radius 2 is 1.27 bits per heavy atom. The van der Waals surface area contributed by atoms with Crippen molar-refractivity contribution in [1.29, 1.82) is 0 Å². The van der Waals surface area contributed by atoms with Gasteiger partial charge >= 0.3 is 11.9 Å². The van der Waals surface area contributed by atoms with E-state index < -0.39 is 33.7 Å². The molecule has 0 aromatic heterocycles. The summed E-state index contributed by atoms with van der Waals surface area (Å²) in [5.41, 5.74) is 0. The van der Waals surface area contributed by atoms with Crippen LogP contribution in [0.2, 0.25) is 0 Å². The first-order chi connectivity index (χ1) is 12.3. The first-order valence-electron chi connectivity index (χ1n) is 9.61. The summed E-state index contributed by atoms with van der Waals surface area (Å²) in [6.07, 6.45) is 8.82. The van der Waals surface area contributed by atoms with Crippen LogP contribution in [0.25, 0.3) is 0 Å². The monoisotopic (exact) mass is 394 g/mol. The highest BCUT2D eigenvalue weighted by atomic mass is 32.2. The van der Waals surface area contributed by atoms with Crippen molar-refractivity contribution in [3.63, 3.8) is 0 Å². The molecule has 0 heterocycles. The van der Waals surface area contributed by atoms with Gasteiger partial charge in [0.15, 0.2) is 5.25 Å². The van der Waals surface area contributed by atoms with E-state index in [0.717, 1.165) is 51.4 Å². The van der Waals surface area contributed by atoms with Crippen LogP contribution in [0.4, 0.5) is 0 Å². The molecule has 26 heavy (non-hydrogen) atoms. The molecule has 7 nitrogen and oxygen atoms in total. The van der Waals surface area contributed by atoms with Crippen LogP contribution in [0, 0.1) is 0 Å². The Morgan fingerprint density at radius 3 is 1.73 bits per heavy atom. The third kappa shape index (κ3) is 13.1. The van der Waals surface area contributed by atoms with Crippen LogP contribution in [0.5, 0.6) is 0 Å². The lowest BCUT2D eigenvalue weighted by molar-refractivity contribution is -0.150. The zero-order chi connectivity index (χ0) is 19.8. The molecule has 0 fully saturated rings. The molecule has 0 radical (unpaired) electrons. The van der Waals surface area contributed by atoms with E-state index in [1.54, 1.807) is 0 Å². The molecule has 0 aliphatic heterocycles. The average molecular weight is 395 g/mol. The molecule has 0 saturated heterocycles. The van der Waals surface area contributed by atoms with Crippen LogP contribution >= 0.6 is 0 Å². The lowest BCUT2D eigenvalue weighted by Gasteiger charge is -2.13. The summed E-state index contributed by atoms with van der Waals surface area (Å²) >= 11 is 0. The van der Waals surface area contributed by atoms with Crippen LogP contribution in [0.15, 0.2) is 0 Å². The normalized spacial score (nSPS) is 12.6. The van der Waals surface area contributed by atoms with E-state index >= 15 is 0 Å². The first-order valence-corrected chi connectivity index (χ1v) is 11.1. The van der Waals surface area contributed by atoms with E-state index in [4.69, 9.17) is 9.47 Å². The largest absolute Gasteiger partial charge is 0.466 e. The molecule has 154 valence electrons. The molecule has 0 aromatic rings. The van der Waals surface area contributed by atoms with E-state index in [0.29, 0.717) is 12.8 Å². The van der Waals surface area contributed by atoms with Crippen molar-refractivity contribution in [2.24, 2.45) is 0 Å². The van der Waals surface area contributed by atoms with Gasteiger partial charge in [0.05, 0.1) is 19.6 Å². The highest BCUT2D eigenvalue weighted by molar-refractivity contribution is 7.87. The number of hydrogen-bond acceptors (Lipinski definition) is 6. The third-order valence-corrected chi connectivity index (χ3v) is 5.06.